The summed E-state index contributed by atoms with van der Waals surface area (Å²) in [5.41, 5.74) is 1.10. The van der Waals surface area contributed by atoms with Crippen molar-refractivity contribution in [3.63, 3.8) is 0 Å². The van der Waals surface area contributed by atoms with E-state index in [1.807, 2.05) is 6.92 Å². The molecule has 1 aromatic carbocycles. The molecule has 0 atom stereocenters. The highest BCUT2D eigenvalue weighted by Gasteiger charge is 2.18. The molecule has 0 saturated heterocycles. The monoisotopic (exact) mass is 254 g/mol. The van der Waals surface area contributed by atoms with Crippen molar-refractivity contribution in [3.05, 3.63) is 23.3 Å². The Kier molecular flexibility index (Phi) is 5.45. The number of ether oxygens (including phenoxy) is 3. The first-order valence-electron chi connectivity index (χ1n) is 5.65. The Labute approximate surface area is 106 Å². The Morgan fingerprint density at radius 2 is 2.00 bits per heavy atom. The van der Waals surface area contributed by atoms with Gasteiger partial charge in [-0.05, 0) is 19.1 Å². The van der Waals surface area contributed by atoms with Crippen LogP contribution in [0.15, 0.2) is 12.1 Å². The molecule has 0 aromatic heterocycles. The van der Waals surface area contributed by atoms with Gasteiger partial charge in [0.15, 0.2) is 0 Å². The summed E-state index contributed by atoms with van der Waals surface area (Å²) in [7, 11) is 3.05. The van der Waals surface area contributed by atoms with E-state index >= 15 is 0 Å². The van der Waals surface area contributed by atoms with Crippen molar-refractivity contribution in [1.29, 1.82) is 0 Å². The standard InChI is InChI=1S/C13H18O5/c1-9-11(16-2)6-5-10(12(9)17-3)13(15)18-8-4-7-14/h5-6,14H,4,7-8H2,1-3H3. The Balaban J connectivity index is 2.94. The molecule has 100 valence electrons. The molecular weight excluding hydrogens is 236 g/mol. The molecule has 0 aliphatic carbocycles. The third kappa shape index (κ3) is 3.13. The van der Waals surface area contributed by atoms with E-state index in [4.69, 9.17) is 19.3 Å². The molecule has 0 fully saturated rings. The van der Waals surface area contributed by atoms with E-state index in [0.29, 0.717) is 23.5 Å². The highest BCUT2D eigenvalue weighted by molar-refractivity contribution is 5.93. The Morgan fingerprint density at radius 1 is 1.28 bits per heavy atom. The van der Waals surface area contributed by atoms with E-state index in [9.17, 15) is 4.79 Å². The van der Waals surface area contributed by atoms with E-state index in [0.717, 1.165) is 5.56 Å². The smallest absolute Gasteiger partial charge is 0.341 e. The van der Waals surface area contributed by atoms with Crippen molar-refractivity contribution in [2.75, 3.05) is 27.4 Å². The van der Waals surface area contributed by atoms with Gasteiger partial charge in [0.2, 0.25) is 0 Å². The number of aliphatic hydroxyl groups excluding tert-OH is 1. The van der Waals surface area contributed by atoms with Crippen molar-refractivity contribution < 1.29 is 24.1 Å². The van der Waals surface area contributed by atoms with Gasteiger partial charge >= 0.3 is 5.97 Å². The average Bonchev–Trinajstić information content (AvgIpc) is 2.38. The number of carbonyl (C=O) groups is 1. The lowest BCUT2D eigenvalue weighted by atomic mass is 10.1. The fraction of sp³-hybridized carbons (Fsp3) is 0.462. The molecule has 1 aromatic rings. The molecule has 0 unspecified atom stereocenters. The van der Waals surface area contributed by atoms with E-state index < -0.39 is 5.97 Å². The van der Waals surface area contributed by atoms with Gasteiger partial charge in [0.25, 0.3) is 0 Å². The van der Waals surface area contributed by atoms with Crippen LogP contribution in [0.5, 0.6) is 11.5 Å². The zero-order valence-electron chi connectivity index (χ0n) is 10.9. The average molecular weight is 254 g/mol. The molecule has 0 radical (unpaired) electrons. The van der Waals surface area contributed by atoms with Gasteiger partial charge in [-0.25, -0.2) is 4.79 Å². The summed E-state index contributed by atoms with van der Waals surface area (Å²) in [6.45, 7) is 1.98. The zero-order valence-corrected chi connectivity index (χ0v) is 10.9. The summed E-state index contributed by atoms with van der Waals surface area (Å²) in [6, 6.07) is 3.30. The maximum absolute atomic E-state index is 11.8. The lowest BCUT2D eigenvalue weighted by molar-refractivity contribution is 0.0478. The molecule has 0 saturated carbocycles. The van der Waals surface area contributed by atoms with Crippen LogP contribution >= 0.6 is 0 Å². The number of hydrogen-bond donors (Lipinski definition) is 1. The predicted molar refractivity (Wildman–Crippen MR) is 66.3 cm³/mol. The number of carbonyl (C=O) groups excluding carboxylic acids is 1. The van der Waals surface area contributed by atoms with Crippen molar-refractivity contribution in [3.8, 4) is 11.5 Å². The van der Waals surface area contributed by atoms with Gasteiger partial charge in [0, 0.05) is 18.6 Å². The lowest BCUT2D eigenvalue weighted by Gasteiger charge is -2.13. The molecule has 0 bridgehead atoms. The minimum atomic E-state index is -0.467. The summed E-state index contributed by atoms with van der Waals surface area (Å²) < 4.78 is 15.4. The van der Waals surface area contributed by atoms with Crippen LogP contribution in [0.4, 0.5) is 0 Å². The first-order valence-corrected chi connectivity index (χ1v) is 5.65. The van der Waals surface area contributed by atoms with Crippen LogP contribution in [0, 0.1) is 6.92 Å². The van der Waals surface area contributed by atoms with Crippen molar-refractivity contribution in [2.24, 2.45) is 0 Å². The largest absolute Gasteiger partial charge is 0.496 e. The minimum Gasteiger partial charge on any atom is -0.496 e. The molecule has 0 amide bonds. The van der Waals surface area contributed by atoms with E-state index in [2.05, 4.69) is 0 Å². The fourth-order valence-corrected chi connectivity index (χ4v) is 1.63. The highest BCUT2D eigenvalue weighted by Crippen LogP contribution is 2.31. The van der Waals surface area contributed by atoms with Crippen LogP contribution in [0.25, 0.3) is 0 Å². The van der Waals surface area contributed by atoms with Crippen molar-refractivity contribution >= 4 is 5.97 Å². The molecule has 5 nitrogen and oxygen atoms in total. The summed E-state index contributed by atoms with van der Waals surface area (Å²) in [5.74, 6) is 0.633. The second kappa shape index (κ2) is 6.86. The molecule has 0 aliphatic rings. The van der Waals surface area contributed by atoms with Crippen LogP contribution in [0.2, 0.25) is 0 Å². The SMILES string of the molecule is COc1ccc(C(=O)OCCCO)c(OC)c1C. The van der Waals surface area contributed by atoms with Crippen molar-refractivity contribution in [2.45, 2.75) is 13.3 Å². The molecular formula is C13H18O5. The predicted octanol–water partition coefficient (Wildman–Crippen LogP) is 1.55. The summed E-state index contributed by atoms with van der Waals surface area (Å²) in [6.07, 6.45) is 0.420. The second-order valence-corrected chi connectivity index (χ2v) is 3.69. The van der Waals surface area contributed by atoms with Crippen LogP contribution in [0.3, 0.4) is 0 Å². The van der Waals surface area contributed by atoms with Crippen LogP contribution in [-0.2, 0) is 4.74 Å². The number of esters is 1. The summed E-state index contributed by atoms with van der Waals surface area (Å²) in [4.78, 5) is 11.8. The normalized spacial score (nSPS) is 10.0. The molecule has 0 heterocycles. The minimum absolute atomic E-state index is 0.00788. The maximum atomic E-state index is 11.8. The number of methoxy groups -OCH3 is 2. The fourth-order valence-electron chi connectivity index (χ4n) is 1.63. The van der Waals surface area contributed by atoms with Crippen molar-refractivity contribution in [1.82, 2.24) is 0 Å². The molecule has 5 heteroatoms. The third-order valence-electron chi connectivity index (χ3n) is 2.54. The third-order valence-corrected chi connectivity index (χ3v) is 2.54. The molecule has 1 N–H and O–H groups in total. The summed E-state index contributed by atoms with van der Waals surface area (Å²) in [5, 5.41) is 8.63. The Morgan fingerprint density at radius 3 is 2.56 bits per heavy atom. The van der Waals surface area contributed by atoms with Gasteiger partial charge < -0.3 is 19.3 Å². The maximum Gasteiger partial charge on any atom is 0.341 e. The van der Waals surface area contributed by atoms with Gasteiger partial charge in [-0.2, -0.15) is 0 Å². The van der Waals surface area contributed by atoms with Gasteiger partial charge in [-0.3, -0.25) is 0 Å². The molecule has 18 heavy (non-hydrogen) atoms. The number of benzene rings is 1. The second-order valence-electron chi connectivity index (χ2n) is 3.69. The van der Waals surface area contributed by atoms with Crippen LogP contribution in [0.1, 0.15) is 22.3 Å². The van der Waals surface area contributed by atoms with E-state index in [1.165, 1.54) is 7.11 Å². The van der Waals surface area contributed by atoms with Crippen LogP contribution in [-0.4, -0.2) is 38.5 Å². The van der Waals surface area contributed by atoms with Gasteiger partial charge in [-0.15, -0.1) is 0 Å². The van der Waals surface area contributed by atoms with E-state index in [1.54, 1.807) is 19.2 Å². The quantitative estimate of drug-likeness (QED) is 0.616. The first-order chi connectivity index (χ1) is 8.65. The van der Waals surface area contributed by atoms with Gasteiger partial charge in [0.05, 0.1) is 20.8 Å². The highest BCUT2D eigenvalue weighted by atomic mass is 16.5. The first kappa shape index (κ1) is 14.3. The summed E-state index contributed by atoms with van der Waals surface area (Å²) >= 11 is 0. The topological polar surface area (TPSA) is 65.0 Å². The van der Waals surface area contributed by atoms with Gasteiger partial charge in [-0.1, -0.05) is 0 Å². The molecule has 0 spiro atoms. The number of rotatable bonds is 6. The molecule has 0 aliphatic heterocycles. The van der Waals surface area contributed by atoms with Gasteiger partial charge in [0.1, 0.15) is 17.1 Å². The molecule has 1 rings (SSSR count). The van der Waals surface area contributed by atoms with Crippen LogP contribution < -0.4 is 9.47 Å². The van der Waals surface area contributed by atoms with E-state index in [-0.39, 0.29) is 13.2 Å². The number of aliphatic hydroxyl groups is 1. The lowest BCUT2D eigenvalue weighted by Crippen LogP contribution is -2.10. The Bertz CT molecular complexity index is 414. The Hall–Kier alpha value is -1.75. The zero-order chi connectivity index (χ0) is 13.5. The number of hydrogen-bond acceptors (Lipinski definition) is 5.